The third kappa shape index (κ3) is 3.26. The van der Waals surface area contributed by atoms with Gasteiger partial charge >= 0.3 is 0 Å². The lowest BCUT2D eigenvalue weighted by molar-refractivity contribution is 0.305. The van der Waals surface area contributed by atoms with E-state index in [4.69, 9.17) is 4.74 Å². The standard InChI is InChI=1S/C19H17NO2/c1-15-6-5-7-17(12-15)20-13-16(10-11-19(20)21)14-22-18-8-3-2-4-9-18/h2-13H,14H2,1H3. The summed E-state index contributed by atoms with van der Waals surface area (Å²) in [5.74, 6) is 0.816. The van der Waals surface area contributed by atoms with Gasteiger partial charge in [0.15, 0.2) is 0 Å². The van der Waals surface area contributed by atoms with Crippen molar-refractivity contribution >= 4 is 0 Å². The van der Waals surface area contributed by atoms with Crippen molar-refractivity contribution in [2.75, 3.05) is 0 Å². The van der Waals surface area contributed by atoms with Crippen LogP contribution in [-0.4, -0.2) is 4.57 Å². The summed E-state index contributed by atoms with van der Waals surface area (Å²) in [6.45, 7) is 2.44. The van der Waals surface area contributed by atoms with Gasteiger partial charge in [-0.15, -0.1) is 0 Å². The molecule has 0 atom stereocenters. The zero-order valence-corrected chi connectivity index (χ0v) is 12.4. The van der Waals surface area contributed by atoms with Crippen LogP contribution < -0.4 is 10.3 Å². The van der Waals surface area contributed by atoms with E-state index in [0.717, 1.165) is 22.6 Å². The highest BCUT2D eigenvalue weighted by Gasteiger charge is 2.03. The van der Waals surface area contributed by atoms with Gasteiger partial charge in [-0.3, -0.25) is 9.36 Å². The minimum atomic E-state index is -0.0472. The maximum atomic E-state index is 12.1. The summed E-state index contributed by atoms with van der Waals surface area (Å²) in [4.78, 5) is 12.1. The molecule has 0 radical (unpaired) electrons. The Kier molecular flexibility index (Phi) is 4.05. The number of nitrogens with zero attached hydrogens (tertiary/aromatic N) is 1. The molecule has 0 aliphatic heterocycles. The maximum absolute atomic E-state index is 12.1. The topological polar surface area (TPSA) is 31.2 Å². The van der Waals surface area contributed by atoms with E-state index in [-0.39, 0.29) is 5.56 Å². The third-order valence-electron chi connectivity index (χ3n) is 3.40. The fourth-order valence-corrected chi connectivity index (χ4v) is 2.28. The Morgan fingerprint density at radius 3 is 2.55 bits per heavy atom. The lowest BCUT2D eigenvalue weighted by Crippen LogP contribution is -2.17. The number of ether oxygens (including phenoxy) is 1. The average molecular weight is 291 g/mol. The molecule has 0 spiro atoms. The predicted octanol–water partition coefficient (Wildman–Crippen LogP) is 3.72. The zero-order chi connectivity index (χ0) is 15.4. The van der Waals surface area contributed by atoms with Crippen molar-refractivity contribution in [2.45, 2.75) is 13.5 Å². The normalized spacial score (nSPS) is 10.4. The summed E-state index contributed by atoms with van der Waals surface area (Å²) < 4.78 is 7.38. The number of hydrogen-bond acceptors (Lipinski definition) is 2. The average Bonchev–Trinajstić information content (AvgIpc) is 2.55. The van der Waals surface area contributed by atoms with Crippen molar-refractivity contribution in [1.82, 2.24) is 4.57 Å². The number of pyridine rings is 1. The van der Waals surface area contributed by atoms with Crippen molar-refractivity contribution in [3.05, 3.63) is 94.4 Å². The monoisotopic (exact) mass is 291 g/mol. The molecule has 0 N–H and O–H groups in total. The van der Waals surface area contributed by atoms with E-state index in [0.29, 0.717) is 6.61 Å². The molecular formula is C19H17NO2. The highest BCUT2D eigenvalue weighted by atomic mass is 16.5. The smallest absolute Gasteiger partial charge is 0.255 e. The van der Waals surface area contributed by atoms with Crippen LogP contribution in [0.25, 0.3) is 5.69 Å². The van der Waals surface area contributed by atoms with Crippen LogP contribution >= 0.6 is 0 Å². The van der Waals surface area contributed by atoms with Gasteiger partial charge in [-0.2, -0.15) is 0 Å². The van der Waals surface area contributed by atoms with E-state index >= 15 is 0 Å². The molecule has 1 aromatic heterocycles. The van der Waals surface area contributed by atoms with Gasteiger partial charge in [-0.1, -0.05) is 30.3 Å². The number of aromatic nitrogens is 1. The Bertz CT molecular complexity index is 822. The molecule has 0 bridgehead atoms. The van der Waals surface area contributed by atoms with E-state index in [1.807, 2.05) is 67.7 Å². The molecular weight excluding hydrogens is 274 g/mol. The summed E-state index contributed by atoms with van der Waals surface area (Å²) in [6, 6.07) is 20.9. The highest BCUT2D eigenvalue weighted by Crippen LogP contribution is 2.13. The second-order valence-corrected chi connectivity index (χ2v) is 5.19. The van der Waals surface area contributed by atoms with Crippen LogP contribution in [0.5, 0.6) is 5.75 Å². The van der Waals surface area contributed by atoms with Gasteiger partial charge in [-0.05, 0) is 42.8 Å². The first kappa shape index (κ1) is 14.1. The van der Waals surface area contributed by atoms with Gasteiger partial charge in [0, 0.05) is 23.5 Å². The lowest BCUT2D eigenvalue weighted by atomic mass is 10.2. The van der Waals surface area contributed by atoms with Crippen molar-refractivity contribution in [1.29, 1.82) is 0 Å². The van der Waals surface area contributed by atoms with Crippen LogP contribution in [0.15, 0.2) is 77.7 Å². The van der Waals surface area contributed by atoms with Gasteiger partial charge in [0.1, 0.15) is 12.4 Å². The Hall–Kier alpha value is -2.81. The molecule has 0 saturated heterocycles. The molecule has 110 valence electrons. The maximum Gasteiger partial charge on any atom is 0.255 e. The summed E-state index contributed by atoms with van der Waals surface area (Å²) in [7, 11) is 0. The molecule has 0 aliphatic rings. The molecule has 0 saturated carbocycles. The van der Waals surface area contributed by atoms with Crippen LogP contribution in [0, 0.1) is 6.92 Å². The molecule has 0 fully saturated rings. The number of hydrogen-bond donors (Lipinski definition) is 0. The molecule has 0 amide bonds. The number of rotatable bonds is 4. The molecule has 3 rings (SSSR count). The van der Waals surface area contributed by atoms with E-state index in [1.54, 1.807) is 16.7 Å². The van der Waals surface area contributed by atoms with Crippen molar-refractivity contribution in [3.63, 3.8) is 0 Å². The lowest BCUT2D eigenvalue weighted by Gasteiger charge is -2.10. The Labute approximate surface area is 129 Å². The largest absolute Gasteiger partial charge is 0.489 e. The first-order chi connectivity index (χ1) is 10.7. The second kappa shape index (κ2) is 6.31. The number of para-hydroxylation sites is 1. The number of aryl methyl sites for hydroxylation is 1. The highest BCUT2D eigenvalue weighted by molar-refractivity contribution is 5.36. The van der Waals surface area contributed by atoms with Crippen LogP contribution in [0.4, 0.5) is 0 Å². The summed E-state index contributed by atoms with van der Waals surface area (Å²) >= 11 is 0. The van der Waals surface area contributed by atoms with E-state index < -0.39 is 0 Å². The SMILES string of the molecule is Cc1cccc(-n2cc(COc3ccccc3)ccc2=O)c1. The van der Waals surface area contributed by atoms with E-state index in [2.05, 4.69) is 0 Å². The first-order valence-electron chi connectivity index (χ1n) is 7.19. The molecule has 3 aromatic rings. The number of benzene rings is 2. The molecule has 22 heavy (non-hydrogen) atoms. The molecule has 3 heteroatoms. The molecule has 3 nitrogen and oxygen atoms in total. The van der Waals surface area contributed by atoms with Crippen LogP contribution in [0.2, 0.25) is 0 Å². The van der Waals surface area contributed by atoms with Crippen LogP contribution in [0.3, 0.4) is 0 Å². The van der Waals surface area contributed by atoms with E-state index in [9.17, 15) is 4.79 Å². The molecule has 0 unspecified atom stereocenters. The van der Waals surface area contributed by atoms with Gasteiger partial charge in [-0.25, -0.2) is 0 Å². The van der Waals surface area contributed by atoms with E-state index in [1.165, 1.54) is 0 Å². The third-order valence-corrected chi connectivity index (χ3v) is 3.40. The summed E-state index contributed by atoms with van der Waals surface area (Å²) in [5, 5.41) is 0. The van der Waals surface area contributed by atoms with Gasteiger partial charge < -0.3 is 4.74 Å². The molecule has 2 aromatic carbocycles. The van der Waals surface area contributed by atoms with Gasteiger partial charge in [0.25, 0.3) is 5.56 Å². The fraction of sp³-hybridized carbons (Fsp3) is 0.105. The fourth-order valence-electron chi connectivity index (χ4n) is 2.28. The van der Waals surface area contributed by atoms with Gasteiger partial charge in [0.2, 0.25) is 0 Å². The quantitative estimate of drug-likeness (QED) is 0.733. The minimum absolute atomic E-state index is 0.0472. The zero-order valence-electron chi connectivity index (χ0n) is 12.4. The Morgan fingerprint density at radius 1 is 0.955 bits per heavy atom. The van der Waals surface area contributed by atoms with Crippen LogP contribution in [0.1, 0.15) is 11.1 Å². The van der Waals surface area contributed by atoms with Crippen molar-refractivity contribution in [2.24, 2.45) is 0 Å². The first-order valence-corrected chi connectivity index (χ1v) is 7.19. The van der Waals surface area contributed by atoms with Crippen molar-refractivity contribution < 1.29 is 4.74 Å². The molecule has 1 heterocycles. The van der Waals surface area contributed by atoms with Gasteiger partial charge in [0.05, 0.1) is 0 Å². The predicted molar refractivity (Wildman–Crippen MR) is 87.6 cm³/mol. The summed E-state index contributed by atoms with van der Waals surface area (Å²) in [5.41, 5.74) is 2.89. The Morgan fingerprint density at radius 2 is 1.77 bits per heavy atom. The second-order valence-electron chi connectivity index (χ2n) is 5.19. The van der Waals surface area contributed by atoms with Crippen LogP contribution in [-0.2, 0) is 6.61 Å². The molecule has 0 aliphatic carbocycles. The summed E-state index contributed by atoms with van der Waals surface area (Å²) in [6.07, 6.45) is 1.83. The Balaban J connectivity index is 1.85. The van der Waals surface area contributed by atoms with Crippen molar-refractivity contribution in [3.8, 4) is 11.4 Å². The minimum Gasteiger partial charge on any atom is -0.489 e.